The lowest BCUT2D eigenvalue weighted by molar-refractivity contribution is 0.0954. The van der Waals surface area contributed by atoms with E-state index in [2.05, 4.69) is 15.4 Å². The van der Waals surface area contributed by atoms with E-state index in [1.54, 1.807) is 28.8 Å². The molecular weight excluding hydrogens is 351 g/mol. The molecule has 0 atom stereocenters. The van der Waals surface area contributed by atoms with Crippen molar-refractivity contribution in [2.75, 3.05) is 6.54 Å². The minimum absolute atomic E-state index is 0.101. The lowest BCUT2D eigenvalue weighted by atomic mass is 10.2. The predicted molar refractivity (Wildman–Crippen MR) is 98.7 cm³/mol. The van der Waals surface area contributed by atoms with Crippen LogP contribution in [0, 0.1) is 5.82 Å². The summed E-state index contributed by atoms with van der Waals surface area (Å²) in [6, 6.07) is 15.3. The van der Waals surface area contributed by atoms with E-state index in [1.165, 1.54) is 23.5 Å². The Balaban J connectivity index is 1.47. The topological polar surface area (TPSA) is 59.3 Å². The van der Waals surface area contributed by atoms with Crippen LogP contribution in [0.3, 0.4) is 0 Å². The summed E-state index contributed by atoms with van der Waals surface area (Å²) in [4.78, 5) is 17.3. The zero-order chi connectivity index (χ0) is 17.9. The molecule has 4 rings (SSSR count). The minimum Gasteiger partial charge on any atom is -0.352 e. The Labute approximate surface area is 153 Å². The number of rotatable bonds is 5. The molecule has 5 nitrogen and oxygen atoms in total. The third-order valence-electron chi connectivity index (χ3n) is 3.94. The molecule has 26 heavy (non-hydrogen) atoms. The molecule has 0 bridgehead atoms. The molecular formula is C19H15FN4OS. The molecule has 2 aromatic carbocycles. The molecule has 1 amide bonds. The fourth-order valence-corrected chi connectivity index (χ4v) is 3.50. The smallest absolute Gasteiger partial charge is 0.251 e. The van der Waals surface area contributed by atoms with Crippen molar-refractivity contribution in [2.45, 2.75) is 6.42 Å². The largest absolute Gasteiger partial charge is 0.352 e. The van der Waals surface area contributed by atoms with Crippen LogP contribution in [0.25, 0.3) is 16.3 Å². The number of aromatic nitrogens is 3. The number of hydrogen-bond donors (Lipinski definition) is 1. The van der Waals surface area contributed by atoms with Crippen LogP contribution in [0.5, 0.6) is 0 Å². The summed E-state index contributed by atoms with van der Waals surface area (Å²) >= 11 is 1.47. The normalized spacial score (nSPS) is 11.0. The van der Waals surface area contributed by atoms with Crippen molar-refractivity contribution in [1.29, 1.82) is 0 Å². The van der Waals surface area contributed by atoms with Crippen LogP contribution in [0.15, 0.2) is 60.0 Å². The van der Waals surface area contributed by atoms with Gasteiger partial charge in [-0.1, -0.05) is 30.3 Å². The second kappa shape index (κ2) is 7.05. The van der Waals surface area contributed by atoms with Crippen LogP contribution in [0.4, 0.5) is 4.39 Å². The predicted octanol–water partition coefficient (Wildman–Crippen LogP) is 3.57. The van der Waals surface area contributed by atoms with Crippen LogP contribution in [0.2, 0.25) is 0 Å². The van der Waals surface area contributed by atoms with Crippen LogP contribution >= 0.6 is 11.3 Å². The van der Waals surface area contributed by atoms with Gasteiger partial charge in [0.25, 0.3) is 5.91 Å². The highest BCUT2D eigenvalue weighted by Crippen LogP contribution is 2.21. The fourth-order valence-electron chi connectivity index (χ4n) is 2.64. The van der Waals surface area contributed by atoms with Gasteiger partial charge in [-0.3, -0.25) is 4.79 Å². The number of carbonyl (C=O) groups is 1. The minimum atomic E-state index is -0.315. The van der Waals surface area contributed by atoms with Gasteiger partial charge in [-0.25, -0.2) is 8.91 Å². The highest BCUT2D eigenvalue weighted by Gasteiger charge is 2.12. The standard InChI is InChI=1S/C19H15FN4OS/c20-15-8-4-7-14(11-15)17-22-19-24(23-17)16(12-26-19)9-10-21-18(25)13-5-2-1-3-6-13/h1-8,11-12H,9-10H2,(H,21,25). The summed E-state index contributed by atoms with van der Waals surface area (Å²) in [7, 11) is 0. The molecule has 0 spiro atoms. The van der Waals surface area contributed by atoms with Gasteiger partial charge < -0.3 is 5.32 Å². The highest BCUT2D eigenvalue weighted by molar-refractivity contribution is 7.15. The maximum atomic E-state index is 13.4. The second-order valence-corrected chi connectivity index (χ2v) is 6.58. The zero-order valence-electron chi connectivity index (χ0n) is 13.7. The van der Waals surface area contributed by atoms with Crippen molar-refractivity contribution in [3.8, 4) is 11.4 Å². The lowest BCUT2D eigenvalue weighted by Gasteiger charge is -2.04. The van der Waals surface area contributed by atoms with Crippen LogP contribution < -0.4 is 5.32 Å². The van der Waals surface area contributed by atoms with E-state index < -0.39 is 0 Å². The van der Waals surface area contributed by atoms with E-state index >= 15 is 0 Å². The molecule has 0 fully saturated rings. The number of fused-ring (bicyclic) bond motifs is 1. The summed E-state index contributed by atoms with van der Waals surface area (Å²) in [6.45, 7) is 0.495. The number of benzene rings is 2. The summed E-state index contributed by atoms with van der Waals surface area (Å²) < 4.78 is 15.1. The Bertz CT molecular complexity index is 1060. The van der Waals surface area contributed by atoms with Gasteiger partial charge in [-0.05, 0) is 24.3 Å². The van der Waals surface area contributed by atoms with Gasteiger partial charge >= 0.3 is 0 Å². The van der Waals surface area contributed by atoms with Crippen molar-refractivity contribution in [2.24, 2.45) is 0 Å². The van der Waals surface area contributed by atoms with Crippen LogP contribution in [-0.2, 0) is 6.42 Å². The molecule has 0 aliphatic carbocycles. The van der Waals surface area contributed by atoms with Gasteiger partial charge in [-0.15, -0.1) is 16.4 Å². The molecule has 4 aromatic rings. The Morgan fingerprint density at radius 2 is 2.00 bits per heavy atom. The quantitative estimate of drug-likeness (QED) is 0.587. The zero-order valence-corrected chi connectivity index (χ0v) is 14.5. The van der Waals surface area contributed by atoms with E-state index in [0.29, 0.717) is 29.9 Å². The van der Waals surface area contributed by atoms with Crippen molar-refractivity contribution >= 4 is 22.2 Å². The Kier molecular flexibility index (Phi) is 4.45. The molecule has 0 saturated heterocycles. The molecule has 2 heterocycles. The van der Waals surface area contributed by atoms with E-state index in [4.69, 9.17) is 0 Å². The van der Waals surface area contributed by atoms with Crippen molar-refractivity contribution in [3.63, 3.8) is 0 Å². The third kappa shape index (κ3) is 3.34. The number of amides is 1. The first-order valence-corrected chi connectivity index (χ1v) is 9.01. The summed E-state index contributed by atoms with van der Waals surface area (Å²) in [6.07, 6.45) is 0.629. The molecule has 0 radical (unpaired) electrons. The van der Waals surface area contributed by atoms with Gasteiger partial charge in [-0.2, -0.15) is 4.98 Å². The van der Waals surface area contributed by atoms with E-state index in [0.717, 1.165) is 10.7 Å². The molecule has 0 aliphatic heterocycles. The Morgan fingerprint density at radius 3 is 2.81 bits per heavy atom. The fraction of sp³-hybridized carbons (Fsp3) is 0.105. The van der Waals surface area contributed by atoms with E-state index in [1.807, 2.05) is 23.6 Å². The number of halogens is 1. The van der Waals surface area contributed by atoms with Gasteiger partial charge in [0.15, 0.2) is 5.82 Å². The van der Waals surface area contributed by atoms with Gasteiger partial charge in [0, 0.05) is 29.5 Å². The summed E-state index contributed by atoms with van der Waals surface area (Å²) in [5.41, 5.74) is 2.23. The van der Waals surface area contributed by atoms with Crippen molar-refractivity contribution in [1.82, 2.24) is 19.9 Å². The molecule has 0 unspecified atom stereocenters. The maximum Gasteiger partial charge on any atom is 0.251 e. The molecule has 0 saturated carbocycles. The molecule has 0 aliphatic rings. The van der Waals surface area contributed by atoms with Crippen molar-refractivity contribution < 1.29 is 9.18 Å². The number of thiazole rings is 1. The van der Waals surface area contributed by atoms with Crippen molar-refractivity contribution in [3.05, 3.63) is 77.1 Å². The first kappa shape index (κ1) is 16.4. The monoisotopic (exact) mass is 366 g/mol. The molecule has 130 valence electrons. The number of nitrogens with zero attached hydrogens (tertiary/aromatic N) is 3. The van der Waals surface area contributed by atoms with E-state index in [9.17, 15) is 9.18 Å². The van der Waals surface area contributed by atoms with Crippen LogP contribution in [0.1, 0.15) is 16.1 Å². The van der Waals surface area contributed by atoms with Gasteiger partial charge in [0.1, 0.15) is 5.82 Å². The SMILES string of the molecule is O=C(NCCc1csc2nc(-c3cccc(F)c3)nn12)c1ccccc1. The number of carbonyl (C=O) groups excluding carboxylic acids is 1. The molecule has 7 heteroatoms. The number of hydrogen-bond acceptors (Lipinski definition) is 4. The first-order chi connectivity index (χ1) is 12.7. The third-order valence-corrected chi connectivity index (χ3v) is 4.80. The second-order valence-electron chi connectivity index (χ2n) is 5.74. The summed E-state index contributed by atoms with van der Waals surface area (Å²) in [5, 5.41) is 9.35. The van der Waals surface area contributed by atoms with Gasteiger partial charge in [0.05, 0.1) is 5.69 Å². The average molecular weight is 366 g/mol. The Hall–Kier alpha value is -3.06. The maximum absolute atomic E-state index is 13.4. The lowest BCUT2D eigenvalue weighted by Crippen LogP contribution is -2.25. The highest BCUT2D eigenvalue weighted by atomic mass is 32.1. The Morgan fingerprint density at radius 1 is 1.15 bits per heavy atom. The first-order valence-electron chi connectivity index (χ1n) is 8.13. The average Bonchev–Trinajstić information content (AvgIpc) is 3.24. The van der Waals surface area contributed by atoms with Gasteiger partial charge in [0.2, 0.25) is 4.96 Å². The van der Waals surface area contributed by atoms with Crippen LogP contribution in [-0.4, -0.2) is 27.0 Å². The molecule has 2 aromatic heterocycles. The van der Waals surface area contributed by atoms with E-state index in [-0.39, 0.29) is 11.7 Å². The molecule has 1 N–H and O–H groups in total. The number of nitrogens with one attached hydrogen (secondary N) is 1. The summed E-state index contributed by atoms with van der Waals surface area (Å²) in [5.74, 6) is 0.0755.